The zero-order valence-corrected chi connectivity index (χ0v) is 45.0. The third-order valence-electron chi connectivity index (χ3n) is 11.4. The van der Waals surface area contributed by atoms with Gasteiger partial charge in [-0.05, 0) is 122 Å². The lowest BCUT2D eigenvalue weighted by atomic mass is 10.1. The summed E-state index contributed by atoms with van der Waals surface area (Å²) in [6.45, 7) is 6.30. The number of esters is 3. The number of unbranched alkanes of at least 4 members (excludes halogenated alkanes) is 16. The Bertz CT molecular complexity index is 1530. The first-order valence-electron chi connectivity index (χ1n) is 28.2. The van der Waals surface area contributed by atoms with Crippen LogP contribution < -0.4 is 0 Å². The molecule has 0 radical (unpaired) electrons. The molecule has 1 atom stereocenters. The van der Waals surface area contributed by atoms with Gasteiger partial charge in [-0.3, -0.25) is 14.4 Å². The fraction of sp³-hybridized carbons (Fsp3) is 0.609. The Morgan fingerprint density at radius 2 is 0.571 bits per heavy atom. The van der Waals surface area contributed by atoms with Gasteiger partial charge in [0.25, 0.3) is 0 Å². The minimum atomic E-state index is -0.839. The molecule has 0 aromatic carbocycles. The predicted octanol–water partition coefficient (Wildman–Crippen LogP) is 19.0. The first kappa shape index (κ1) is 65.5. The van der Waals surface area contributed by atoms with E-state index in [9.17, 15) is 14.4 Å². The number of rotatable bonds is 49. The Morgan fingerprint density at radius 3 is 0.943 bits per heavy atom. The summed E-state index contributed by atoms with van der Waals surface area (Å²) >= 11 is 0. The van der Waals surface area contributed by atoms with Gasteiger partial charge in [0.1, 0.15) is 13.2 Å². The van der Waals surface area contributed by atoms with E-state index in [0.717, 1.165) is 109 Å². The topological polar surface area (TPSA) is 78.9 Å². The Morgan fingerprint density at radius 1 is 0.300 bits per heavy atom. The molecule has 6 heteroatoms. The molecule has 0 aromatic heterocycles. The van der Waals surface area contributed by atoms with E-state index >= 15 is 0 Å². The highest BCUT2D eigenvalue weighted by atomic mass is 16.6. The van der Waals surface area contributed by atoms with Gasteiger partial charge >= 0.3 is 17.9 Å². The van der Waals surface area contributed by atoms with E-state index in [1.165, 1.54) is 70.6 Å². The zero-order valence-electron chi connectivity index (χ0n) is 45.0. The van der Waals surface area contributed by atoms with Crippen LogP contribution in [0, 0.1) is 0 Å². The average Bonchev–Trinajstić information content (AvgIpc) is 3.36. The third kappa shape index (κ3) is 54.5. The lowest BCUT2D eigenvalue weighted by molar-refractivity contribution is -0.167. The number of hydrogen-bond acceptors (Lipinski definition) is 6. The molecule has 0 heterocycles. The fourth-order valence-electron chi connectivity index (χ4n) is 7.21. The van der Waals surface area contributed by atoms with Crippen LogP contribution in [0.15, 0.2) is 134 Å². The highest BCUT2D eigenvalue weighted by Gasteiger charge is 2.19. The molecule has 394 valence electrons. The fourth-order valence-corrected chi connectivity index (χ4v) is 7.21. The van der Waals surface area contributed by atoms with E-state index in [0.29, 0.717) is 19.3 Å². The molecule has 0 aromatic rings. The predicted molar refractivity (Wildman–Crippen MR) is 302 cm³/mol. The summed E-state index contributed by atoms with van der Waals surface area (Å²) < 4.78 is 16.7. The van der Waals surface area contributed by atoms with Crippen molar-refractivity contribution >= 4 is 17.9 Å². The van der Waals surface area contributed by atoms with Crippen LogP contribution in [-0.4, -0.2) is 37.2 Å². The molecule has 0 aliphatic heterocycles. The van der Waals surface area contributed by atoms with Crippen molar-refractivity contribution in [2.75, 3.05) is 13.2 Å². The maximum atomic E-state index is 12.8. The number of carbonyl (C=O) groups excluding carboxylic acids is 3. The molecule has 0 N–H and O–H groups in total. The van der Waals surface area contributed by atoms with Crippen molar-refractivity contribution in [2.24, 2.45) is 0 Å². The van der Waals surface area contributed by atoms with E-state index in [1.807, 2.05) is 0 Å². The van der Waals surface area contributed by atoms with Crippen molar-refractivity contribution in [1.82, 2.24) is 0 Å². The SMILES string of the molecule is CC/C=C\C/C=C\C/C=C\C/C=C\C/C=C\CCCC(=O)OCC(COC(=O)CCCCCCC/C=C\CCCCCCCCCCC)OC(=O)CCC/C=C\C/C=C\C/C=C\C/C=C\C/C=C\CC. The summed E-state index contributed by atoms with van der Waals surface area (Å²) in [5, 5.41) is 0. The Kier molecular flexibility index (Phi) is 53.5. The van der Waals surface area contributed by atoms with E-state index in [1.54, 1.807) is 0 Å². The Balaban J connectivity index is 4.59. The molecular weight excluding hydrogens is 865 g/mol. The van der Waals surface area contributed by atoms with Crippen LogP contribution in [0.3, 0.4) is 0 Å². The van der Waals surface area contributed by atoms with Crippen LogP contribution in [0.2, 0.25) is 0 Å². The molecule has 0 saturated carbocycles. The second kappa shape index (κ2) is 57.1. The molecule has 0 amide bonds. The van der Waals surface area contributed by atoms with E-state index < -0.39 is 6.10 Å². The molecule has 0 rings (SSSR count). The Labute approximate surface area is 430 Å². The molecule has 0 spiro atoms. The summed E-state index contributed by atoms with van der Waals surface area (Å²) in [5.41, 5.74) is 0. The number of ether oxygens (including phenoxy) is 3. The second-order valence-electron chi connectivity index (χ2n) is 18.1. The lowest BCUT2D eigenvalue weighted by Crippen LogP contribution is -2.30. The second-order valence-corrected chi connectivity index (χ2v) is 18.1. The Hall–Kier alpha value is -4.45. The van der Waals surface area contributed by atoms with Crippen molar-refractivity contribution in [3.05, 3.63) is 134 Å². The van der Waals surface area contributed by atoms with Gasteiger partial charge in [-0.15, -0.1) is 0 Å². The number of allylic oxidation sites excluding steroid dienone is 22. The lowest BCUT2D eigenvalue weighted by Gasteiger charge is -2.18. The van der Waals surface area contributed by atoms with Crippen molar-refractivity contribution in [1.29, 1.82) is 0 Å². The minimum Gasteiger partial charge on any atom is -0.462 e. The number of carbonyl (C=O) groups is 3. The van der Waals surface area contributed by atoms with Crippen molar-refractivity contribution in [3.8, 4) is 0 Å². The summed E-state index contributed by atoms with van der Waals surface area (Å²) in [6, 6.07) is 0. The third-order valence-corrected chi connectivity index (χ3v) is 11.4. The van der Waals surface area contributed by atoms with Crippen LogP contribution in [0.4, 0.5) is 0 Å². The monoisotopic (exact) mass is 967 g/mol. The average molecular weight is 968 g/mol. The zero-order chi connectivity index (χ0) is 50.7. The molecular formula is C64H102O6. The first-order valence-corrected chi connectivity index (χ1v) is 28.2. The molecule has 0 bridgehead atoms. The standard InChI is InChI=1S/C64H102O6/c1-4-7-10-13-16-19-22-25-28-31-34-36-39-42-45-48-51-54-57-63(66)69-60-61(70-64(67)58-55-52-49-46-43-40-37-33-30-27-24-21-18-15-12-9-6-3)59-68-62(65)56-53-50-47-44-41-38-35-32-29-26-23-20-17-14-11-8-5-2/h8-9,11-12,17-18,20-21,26-27,29-30,34-38,40,44,46-47,49,61H,4-7,10,13-16,19,22-25,28,31-33,39,41-43,45,48,50-60H2,1-3H3/b11-8-,12-9-,20-17-,21-18-,29-26-,30-27-,36-34-,38-35-,40-37-,47-44-,49-46-. The summed E-state index contributed by atoms with van der Waals surface area (Å²) in [5.74, 6) is -1.06. The van der Waals surface area contributed by atoms with Gasteiger partial charge in [-0.2, -0.15) is 0 Å². The van der Waals surface area contributed by atoms with Gasteiger partial charge < -0.3 is 14.2 Å². The van der Waals surface area contributed by atoms with E-state index in [2.05, 4.69) is 154 Å². The molecule has 6 nitrogen and oxygen atoms in total. The van der Waals surface area contributed by atoms with Gasteiger partial charge in [-0.25, -0.2) is 0 Å². The van der Waals surface area contributed by atoms with Gasteiger partial charge in [-0.1, -0.05) is 225 Å². The van der Waals surface area contributed by atoms with Gasteiger partial charge in [0.15, 0.2) is 6.10 Å². The quantitative estimate of drug-likeness (QED) is 0.0262. The number of hydrogen-bond donors (Lipinski definition) is 0. The van der Waals surface area contributed by atoms with Crippen LogP contribution in [-0.2, 0) is 28.6 Å². The minimum absolute atomic E-state index is 0.127. The smallest absolute Gasteiger partial charge is 0.306 e. The molecule has 0 aliphatic carbocycles. The van der Waals surface area contributed by atoms with Crippen molar-refractivity contribution < 1.29 is 28.6 Å². The molecule has 70 heavy (non-hydrogen) atoms. The molecule has 0 aliphatic rings. The van der Waals surface area contributed by atoms with Crippen LogP contribution >= 0.6 is 0 Å². The maximum absolute atomic E-state index is 12.8. The van der Waals surface area contributed by atoms with E-state index in [4.69, 9.17) is 14.2 Å². The summed E-state index contributed by atoms with van der Waals surface area (Å²) in [4.78, 5) is 38.1. The molecule has 0 fully saturated rings. The highest BCUT2D eigenvalue weighted by molar-refractivity contribution is 5.71. The van der Waals surface area contributed by atoms with E-state index in [-0.39, 0.29) is 44.0 Å². The van der Waals surface area contributed by atoms with Crippen molar-refractivity contribution in [3.63, 3.8) is 0 Å². The highest BCUT2D eigenvalue weighted by Crippen LogP contribution is 2.13. The van der Waals surface area contributed by atoms with Crippen LogP contribution in [0.5, 0.6) is 0 Å². The maximum Gasteiger partial charge on any atom is 0.306 e. The summed E-state index contributed by atoms with van der Waals surface area (Å²) in [6.07, 6.45) is 80.2. The normalized spacial score (nSPS) is 13.1. The molecule has 1 unspecified atom stereocenters. The van der Waals surface area contributed by atoms with Crippen molar-refractivity contribution in [2.45, 2.75) is 239 Å². The molecule has 0 saturated heterocycles. The van der Waals surface area contributed by atoms with Gasteiger partial charge in [0.2, 0.25) is 0 Å². The first-order chi connectivity index (χ1) is 34.5. The van der Waals surface area contributed by atoms with Crippen LogP contribution in [0.25, 0.3) is 0 Å². The largest absolute Gasteiger partial charge is 0.462 e. The van der Waals surface area contributed by atoms with Crippen LogP contribution in [0.1, 0.15) is 233 Å². The summed E-state index contributed by atoms with van der Waals surface area (Å²) in [7, 11) is 0. The van der Waals surface area contributed by atoms with Gasteiger partial charge in [0, 0.05) is 19.3 Å². The van der Waals surface area contributed by atoms with Gasteiger partial charge in [0.05, 0.1) is 0 Å².